The number of benzene rings is 2. The molecule has 0 fully saturated rings. The minimum absolute atomic E-state index is 0.0367. The average Bonchev–Trinajstić information content (AvgIpc) is 2.81. The average molecular weight is 452 g/mol. The van der Waals surface area contributed by atoms with E-state index in [4.69, 9.17) is 9.47 Å². The summed E-state index contributed by atoms with van der Waals surface area (Å²) in [5, 5.41) is 18.0. The highest BCUT2D eigenvalue weighted by atomic mass is 16.6. The van der Waals surface area contributed by atoms with Crippen LogP contribution in [0.15, 0.2) is 53.3 Å². The molecule has 0 unspecified atom stereocenters. The summed E-state index contributed by atoms with van der Waals surface area (Å²) in [6.45, 7) is 1.94. The van der Waals surface area contributed by atoms with Gasteiger partial charge in [0.25, 0.3) is 11.2 Å². The van der Waals surface area contributed by atoms with Crippen molar-refractivity contribution in [2.45, 2.75) is 26.3 Å². The molecule has 10 heteroatoms. The molecule has 1 N–H and O–H groups in total. The second-order valence-electron chi connectivity index (χ2n) is 7.26. The number of rotatable bonds is 9. The molecule has 10 nitrogen and oxygen atoms in total. The number of nitrogens with one attached hydrogen (secondary N) is 1. The summed E-state index contributed by atoms with van der Waals surface area (Å²) in [7, 11) is 3.09. The Bertz CT molecular complexity index is 1240. The largest absolute Gasteiger partial charge is 0.493 e. The number of ether oxygens (including phenoxy) is 2. The van der Waals surface area contributed by atoms with E-state index in [9.17, 15) is 19.7 Å². The maximum absolute atomic E-state index is 12.3. The van der Waals surface area contributed by atoms with Crippen LogP contribution in [0.4, 0.5) is 11.4 Å². The zero-order valence-corrected chi connectivity index (χ0v) is 18.5. The van der Waals surface area contributed by atoms with Crippen LogP contribution in [0.25, 0.3) is 11.3 Å². The number of hydrogen-bond donors (Lipinski definition) is 1. The van der Waals surface area contributed by atoms with E-state index in [1.165, 1.54) is 28.9 Å². The summed E-state index contributed by atoms with van der Waals surface area (Å²) >= 11 is 0. The minimum Gasteiger partial charge on any atom is -0.493 e. The predicted octanol–water partition coefficient (Wildman–Crippen LogP) is 3.56. The highest BCUT2D eigenvalue weighted by molar-refractivity contribution is 5.91. The molecule has 2 aromatic carbocycles. The quantitative estimate of drug-likeness (QED) is 0.389. The lowest BCUT2D eigenvalue weighted by molar-refractivity contribution is -0.384. The number of hydrogen-bond acceptors (Lipinski definition) is 7. The van der Waals surface area contributed by atoms with Crippen LogP contribution in [0, 0.1) is 17.0 Å². The van der Waals surface area contributed by atoms with Crippen molar-refractivity contribution in [2.75, 3.05) is 19.5 Å². The monoisotopic (exact) mass is 452 g/mol. The third kappa shape index (κ3) is 5.73. The first-order valence-electron chi connectivity index (χ1n) is 10.2. The number of aromatic nitrogens is 2. The third-order valence-electron chi connectivity index (χ3n) is 5.01. The number of anilines is 1. The van der Waals surface area contributed by atoms with E-state index >= 15 is 0 Å². The molecule has 3 rings (SSSR count). The van der Waals surface area contributed by atoms with Gasteiger partial charge in [0.05, 0.1) is 24.8 Å². The summed E-state index contributed by atoms with van der Waals surface area (Å²) in [6, 6.07) is 12.7. The number of aryl methyl sites for hydroxylation is 2. The van der Waals surface area contributed by atoms with Crippen molar-refractivity contribution < 1.29 is 19.2 Å². The van der Waals surface area contributed by atoms with E-state index in [0.717, 1.165) is 5.56 Å². The lowest BCUT2D eigenvalue weighted by Gasteiger charge is -2.11. The fourth-order valence-electron chi connectivity index (χ4n) is 3.26. The summed E-state index contributed by atoms with van der Waals surface area (Å²) in [4.78, 5) is 34.9. The molecule has 33 heavy (non-hydrogen) atoms. The van der Waals surface area contributed by atoms with Gasteiger partial charge in [-0.1, -0.05) is 0 Å². The van der Waals surface area contributed by atoms with Crippen LogP contribution in [0.3, 0.4) is 0 Å². The van der Waals surface area contributed by atoms with Crippen LogP contribution in [-0.2, 0) is 11.3 Å². The lowest BCUT2D eigenvalue weighted by atomic mass is 10.1. The number of amides is 1. The molecule has 0 saturated heterocycles. The highest BCUT2D eigenvalue weighted by Gasteiger charge is 2.12. The molecule has 0 atom stereocenters. The molecular formula is C23H24N4O6. The van der Waals surface area contributed by atoms with Crippen molar-refractivity contribution in [1.29, 1.82) is 0 Å². The molecule has 1 amide bonds. The van der Waals surface area contributed by atoms with Crippen molar-refractivity contribution in [3.8, 4) is 22.8 Å². The molecule has 0 aliphatic carbocycles. The molecule has 3 aromatic rings. The Morgan fingerprint density at radius 3 is 2.52 bits per heavy atom. The van der Waals surface area contributed by atoms with Crippen molar-refractivity contribution in [3.05, 3.63) is 74.6 Å². The Labute approximate surface area is 189 Å². The SMILES string of the molecule is COc1ccc(-c2ccc(=O)n(CCCC(=O)Nc3ccc([N+](=O)[O-])cc3C)n2)cc1OC. The van der Waals surface area contributed by atoms with Gasteiger partial charge in [0.1, 0.15) is 0 Å². The predicted molar refractivity (Wildman–Crippen MR) is 123 cm³/mol. The first kappa shape index (κ1) is 23.5. The number of non-ortho nitro benzene ring substituents is 1. The molecule has 0 aliphatic rings. The Kier molecular flexibility index (Phi) is 7.39. The van der Waals surface area contributed by atoms with Gasteiger partial charge in [0.15, 0.2) is 11.5 Å². The summed E-state index contributed by atoms with van der Waals surface area (Å²) in [6.07, 6.45) is 0.547. The van der Waals surface area contributed by atoms with E-state index in [0.29, 0.717) is 34.9 Å². The van der Waals surface area contributed by atoms with E-state index < -0.39 is 4.92 Å². The van der Waals surface area contributed by atoms with Crippen LogP contribution in [0.2, 0.25) is 0 Å². The normalized spacial score (nSPS) is 10.5. The van der Waals surface area contributed by atoms with Crippen LogP contribution < -0.4 is 20.3 Å². The van der Waals surface area contributed by atoms with Gasteiger partial charge in [-0.3, -0.25) is 19.7 Å². The molecule has 1 aromatic heterocycles. The van der Waals surface area contributed by atoms with Crippen LogP contribution in [0.5, 0.6) is 11.5 Å². The van der Waals surface area contributed by atoms with E-state index in [1.807, 2.05) is 6.07 Å². The Morgan fingerprint density at radius 2 is 1.85 bits per heavy atom. The molecule has 0 bridgehead atoms. The molecule has 0 aliphatic heterocycles. The second kappa shape index (κ2) is 10.4. The molecule has 0 radical (unpaired) electrons. The van der Waals surface area contributed by atoms with Gasteiger partial charge >= 0.3 is 0 Å². The zero-order valence-electron chi connectivity index (χ0n) is 18.5. The molecule has 0 spiro atoms. The Balaban J connectivity index is 1.64. The molecule has 1 heterocycles. The molecule has 172 valence electrons. The second-order valence-corrected chi connectivity index (χ2v) is 7.26. The lowest BCUT2D eigenvalue weighted by Crippen LogP contribution is -2.23. The fourth-order valence-corrected chi connectivity index (χ4v) is 3.26. The summed E-state index contributed by atoms with van der Waals surface area (Å²) in [5.41, 5.74) is 2.14. The summed E-state index contributed by atoms with van der Waals surface area (Å²) < 4.78 is 11.9. The van der Waals surface area contributed by atoms with E-state index in [-0.39, 0.29) is 30.1 Å². The minimum atomic E-state index is -0.487. The molecular weight excluding hydrogens is 428 g/mol. The number of carbonyl (C=O) groups excluding carboxylic acids is 1. The maximum atomic E-state index is 12.3. The van der Waals surface area contributed by atoms with Crippen LogP contribution >= 0.6 is 0 Å². The van der Waals surface area contributed by atoms with Crippen LogP contribution in [-0.4, -0.2) is 34.8 Å². The van der Waals surface area contributed by atoms with Gasteiger partial charge in [-0.15, -0.1) is 0 Å². The van der Waals surface area contributed by atoms with Crippen LogP contribution in [0.1, 0.15) is 18.4 Å². The van der Waals surface area contributed by atoms with Gasteiger partial charge in [-0.05, 0) is 49.2 Å². The van der Waals surface area contributed by atoms with Crippen molar-refractivity contribution >= 4 is 17.3 Å². The van der Waals surface area contributed by atoms with Gasteiger partial charge in [-0.2, -0.15) is 5.10 Å². The van der Waals surface area contributed by atoms with Gasteiger partial charge in [-0.25, -0.2) is 4.68 Å². The van der Waals surface area contributed by atoms with Gasteiger partial charge < -0.3 is 14.8 Å². The number of nitro groups is 1. The van der Waals surface area contributed by atoms with Crippen molar-refractivity contribution in [2.24, 2.45) is 0 Å². The number of nitro benzene ring substituents is 1. The standard InChI is InChI=1S/C23H24N4O6/c1-15-13-17(27(30)31)7-8-18(15)24-22(28)5-4-12-26-23(29)11-9-19(25-26)16-6-10-20(32-2)21(14-16)33-3/h6-11,13-14H,4-5,12H2,1-3H3,(H,24,28). The Morgan fingerprint density at radius 1 is 1.09 bits per heavy atom. The number of methoxy groups -OCH3 is 2. The zero-order chi connectivity index (χ0) is 24.0. The number of carbonyl (C=O) groups is 1. The fraction of sp³-hybridized carbons (Fsp3) is 0.261. The van der Waals surface area contributed by atoms with E-state index in [2.05, 4.69) is 10.4 Å². The van der Waals surface area contributed by atoms with Gasteiger partial charge in [0, 0.05) is 42.4 Å². The third-order valence-corrected chi connectivity index (χ3v) is 5.01. The molecule has 0 saturated carbocycles. The summed E-state index contributed by atoms with van der Waals surface area (Å²) in [5.74, 6) is 0.882. The Hall–Kier alpha value is -4.21. The maximum Gasteiger partial charge on any atom is 0.269 e. The first-order valence-corrected chi connectivity index (χ1v) is 10.2. The van der Waals surface area contributed by atoms with E-state index in [1.54, 1.807) is 39.3 Å². The first-order chi connectivity index (χ1) is 15.8. The van der Waals surface area contributed by atoms with Gasteiger partial charge in [0.2, 0.25) is 5.91 Å². The smallest absolute Gasteiger partial charge is 0.269 e. The van der Waals surface area contributed by atoms with Crippen molar-refractivity contribution in [3.63, 3.8) is 0 Å². The number of nitrogens with zero attached hydrogens (tertiary/aromatic N) is 3. The van der Waals surface area contributed by atoms with Crippen molar-refractivity contribution in [1.82, 2.24) is 9.78 Å². The topological polar surface area (TPSA) is 126 Å². The highest BCUT2D eigenvalue weighted by Crippen LogP contribution is 2.31.